The number of benzene rings is 1. The number of nitrogens with one attached hydrogen (secondary N) is 1. The molecule has 8 nitrogen and oxygen atoms in total. The number of nitrogens with zero attached hydrogens (tertiary/aromatic N) is 5. The highest BCUT2D eigenvalue weighted by Gasteiger charge is 2.30. The fourth-order valence-corrected chi connectivity index (χ4v) is 6.22. The van der Waals surface area contributed by atoms with E-state index in [-0.39, 0.29) is 5.91 Å². The molecule has 6 rings (SSSR count). The number of hydrogen-bond acceptors (Lipinski definition) is 7. The van der Waals surface area contributed by atoms with Gasteiger partial charge in [-0.1, -0.05) is 29.0 Å². The van der Waals surface area contributed by atoms with Crippen molar-refractivity contribution in [3.63, 3.8) is 0 Å². The smallest absolute Gasteiger partial charge is 0.223 e. The molecule has 4 heterocycles. The van der Waals surface area contributed by atoms with Gasteiger partial charge in [-0.3, -0.25) is 14.7 Å². The molecule has 3 aromatic heterocycles. The summed E-state index contributed by atoms with van der Waals surface area (Å²) >= 11 is 8.37. The number of aromatic nitrogens is 4. The van der Waals surface area contributed by atoms with E-state index in [0.717, 1.165) is 90.0 Å². The van der Waals surface area contributed by atoms with Crippen molar-refractivity contribution >= 4 is 34.0 Å². The van der Waals surface area contributed by atoms with E-state index in [1.807, 2.05) is 35.1 Å². The number of aryl methyl sites for hydroxylation is 1. The molecule has 1 aromatic carbocycles. The summed E-state index contributed by atoms with van der Waals surface area (Å²) in [6.45, 7) is 5.70. The van der Waals surface area contributed by atoms with Crippen LogP contribution in [0.5, 0.6) is 0 Å². The van der Waals surface area contributed by atoms with Crippen LogP contribution < -0.4 is 5.32 Å². The van der Waals surface area contributed by atoms with Crippen LogP contribution in [-0.2, 0) is 28.9 Å². The Hall–Kier alpha value is -3.11. The van der Waals surface area contributed by atoms with E-state index >= 15 is 0 Å². The van der Waals surface area contributed by atoms with Crippen LogP contribution in [0.2, 0.25) is 5.02 Å². The lowest BCUT2D eigenvalue weighted by molar-refractivity contribution is -0.114. The second kappa shape index (κ2) is 9.74. The Morgan fingerprint density at radius 2 is 2.08 bits per heavy atom. The molecule has 1 aliphatic carbocycles. The van der Waals surface area contributed by atoms with Gasteiger partial charge in [0.2, 0.25) is 5.91 Å². The van der Waals surface area contributed by atoms with Gasteiger partial charge in [0.15, 0.2) is 5.13 Å². The molecular formula is C26H25ClN6O2S. The minimum Gasteiger partial charge on any atom is -0.379 e. The van der Waals surface area contributed by atoms with Gasteiger partial charge < -0.3 is 10.1 Å². The monoisotopic (exact) mass is 520 g/mol. The van der Waals surface area contributed by atoms with Crippen LogP contribution in [0, 0.1) is 0 Å². The lowest BCUT2D eigenvalue weighted by Crippen LogP contribution is -2.35. The summed E-state index contributed by atoms with van der Waals surface area (Å²) in [7, 11) is 0. The maximum absolute atomic E-state index is 11.7. The Labute approximate surface area is 217 Å². The summed E-state index contributed by atoms with van der Waals surface area (Å²) in [5.41, 5.74) is 6.92. The number of ether oxygens (including phenoxy) is 1. The quantitative estimate of drug-likeness (QED) is 0.414. The molecule has 1 N–H and O–H groups in total. The Bertz CT molecular complexity index is 1430. The fourth-order valence-electron chi connectivity index (χ4n) is 4.82. The fraction of sp³-hybridized carbons (Fsp3) is 0.308. The predicted octanol–water partition coefficient (Wildman–Crippen LogP) is 4.60. The molecule has 1 saturated heterocycles. The van der Waals surface area contributed by atoms with Crippen LogP contribution in [0.1, 0.15) is 23.7 Å². The maximum atomic E-state index is 11.7. The Morgan fingerprint density at radius 1 is 1.22 bits per heavy atom. The van der Waals surface area contributed by atoms with E-state index < -0.39 is 0 Å². The minimum atomic E-state index is -0.134. The number of morpholine rings is 1. The highest BCUT2D eigenvalue weighted by atomic mass is 35.5. The zero-order valence-corrected chi connectivity index (χ0v) is 21.4. The number of thiazole rings is 1. The van der Waals surface area contributed by atoms with Crippen molar-refractivity contribution < 1.29 is 9.53 Å². The number of carbonyl (C=O) groups excluding carboxylic acids is 1. The van der Waals surface area contributed by atoms with Crippen molar-refractivity contribution in [1.82, 2.24) is 24.6 Å². The first kappa shape index (κ1) is 23.3. The molecule has 1 aliphatic heterocycles. The van der Waals surface area contributed by atoms with Crippen molar-refractivity contribution in [2.75, 3.05) is 31.6 Å². The average molecular weight is 521 g/mol. The van der Waals surface area contributed by atoms with Gasteiger partial charge in [-0.2, -0.15) is 5.10 Å². The Balaban J connectivity index is 1.45. The Kier molecular flexibility index (Phi) is 6.30. The van der Waals surface area contributed by atoms with Gasteiger partial charge in [0.05, 0.1) is 45.9 Å². The molecule has 36 heavy (non-hydrogen) atoms. The first-order valence-corrected chi connectivity index (χ1v) is 13.1. The summed E-state index contributed by atoms with van der Waals surface area (Å²) in [5.74, 6) is -0.134. The molecule has 0 unspecified atom stereocenters. The van der Waals surface area contributed by atoms with Gasteiger partial charge in [0.25, 0.3) is 0 Å². The number of halogens is 1. The van der Waals surface area contributed by atoms with E-state index in [9.17, 15) is 4.79 Å². The molecule has 0 bridgehead atoms. The van der Waals surface area contributed by atoms with Crippen LogP contribution >= 0.6 is 22.9 Å². The summed E-state index contributed by atoms with van der Waals surface area (Å²) in [5, 5.41) is 9.14. The highest BCUT2D eigenvalue weighted by Crippen LogP contribution is 2.44. The zero-order valence-electron chi connectivity index (χ0n) is 19.8. The number of rotatable bonds is 5. The second-order valence-corrected chi connectivity index (χ2v) is 10.4. The van der Waals surface area contributed by atoms with Gasteiger partial charge in [-0.25, -0.2) is 9.67 Å². The average Bonchev–Trinajstić information content (AvgIpc) is 3.46. The topological polar surface area (TPSA) is 85.2 Å². The van der Waals surface area contributed by atoms with Crippen molar-refractivity contribution in [3.05, 3.63) is 64.6 Å². The lowest BCUT2D eigenvalue weighted by Gasteiger charge is -2.26. The molecule has 1 amide bonds. The maximum Gasteiger partial charge on any atom is 0.223 e. The molecule has 2 aliphatic rings. The number of fused-ring (bicyclic) bond motifs is 3. The van der Waals surface area contributed by atoms with Gasteiger partial charge in [0.1, 0.15) is 0 Å². The van der Waals surface area contributed by atoms with Gasteiger partial charge >= 0.3 is 0 Å². The predicted molar refractivity (Wildman–Crippen MR) is 141 cm³/mol. The number of hydrogen-bond donors (Lipinski definition) is 1. The van der Waals surface area contributed by atoms with Crippen LogP contribution in [0.3, 0.4) is 0 Å². The first-order chi connectivity index (χ1) is 17.6. The van der Waals surface area contributed by atoms with Crippen molar-refractivity contribution in [2.45, 2.75) is 26.3 Å². The third-order valence-corrected chi connectivity index (χ3v) is 7.80. The van der Waals surface area contributed by atoms with Gasteiger partial charge in [-0.15, -0.1) is 0 Å². The molecular weight excluding hydrogens is 496 g/mol. The van der Waals surface area contributed by atoms with Crippen molar-refractivity contribution in [2.24, 2.45) is 0 Å². The molecule has 0 atom stereocenters. The normalized spacial score (nSPS) is 15.4. The molecule has 184 valence electrons. The van der Waals surface area contributed by atoms with E-state index in [4.69, 9.17) is 26.4 Å². The summed E-state index contributed by atoms with van der Waals surface area (Å²) < 4.78 is 7.41. The first-order valence-electron chi connectivity index (χ1n) is 12.0. The van der Waals surface area contributed by atoms with E-state index in [1.54, 1.807) is 6.20 Å². The zero-order chi connectivity index (χ0) is 24.6. The minimum absolute atomic E-state index is 0.134. The number of carbonyl (C=O) groups is 1. The number of anilines is 1. The van der Waals surface area contributed by atoms with Crippen LogP contribution in [-0.4, -0.2) is 56.9 Å². The molecule has 0 spiro atoms. The molecule has 10 heteroatoms. The summed E-state index contributed by atoms with van der Waals surface area (Å²) in [4.78, 5) is 24.1. The standard InChI is InChI=1S/C26H25ClN6O2S/c1-16(34)29-26-30-21-6-5-19-23(18-3-2-8-28-14-18)31-33(24(19)25(21)36-26)22-7-4-17(13-20(22)27)15-32-9-11-35-12-10-32/h2-4,7-8,13-14H,5-6,9-12,15H2,1H3,(H,29,30,34). The van der Waals surface area contributed by atoms with Gasteiger partial charge in [0, 0.05) is 50.1 Å². The van der Waals surface area contributed by atoms with Gasteiger partial charge in [-0.05, 0) is 42.7 Å². The largest absolute Gasteiger partial charge is 0.379 e. The molecule has 0 radical (unpaired) electrons. The third kappa shape index (κ3) is 4.43. The van der Waals surface area contributed by atoms with E-state index in [1.165, 1.54) is 18.3 Å². The SMILES string of the molecule is CC(=O)Nc1nc2c(s1)-c1c(c(-c3cccnc3)nn1-c1ccc(CN3CCOCC3)cc1Cl)CC2. The molecule has 1 fully saturated rings. The van der Waals surface area contributed by atoms with Crippen LogP contribution in [0.4, 0.5) is 5.13 Å². The number of amides is 1. The lowest BCUT2D eigenvalue weighted by atomic mass is 9.95. The number of pyridine rings is 1. The van der Waals surface area contributed by atoms with E-state index in [0.29, 0.717) is 10.2 Å². The van der Waals surface area contributed by atoms with Crippen molar-refractivity contribution in [1.29, 1.82) is 0 Å². The highest BCUT2D eigenvalue weighted by molar-refractivity contribution is 7.19. The van der Waals surface area contributed by atoms with Crippen LogP contribution in [0.15, 0.2) is 42.7 Å². The van der Waals surface area contributed by atoms with Crippen molar-refractivity contribution in [3.8, 4) is 27.5 Å². The summed E-state index contributed by atoms with van der Waals surface area (Å²) in [6, 6.07) is 10.1. The summed E-state index contributed by atoms with van der Waals surface area (Å²) in [6.07, 6.45) is 5.18. The Morgan fingerprint density at radius 3 is 2.83 bits per heavy atom. The molecule has 0 saturated carbocycles. The third-order valence-electron chi connectivity index (χ3n) is 6.48. The second-order valence-electron chi connectivity index (χ2n) is 8.98. The molecule has 4 aromatic rings. The van der Waals surface area contributed by atoms with Crippen LogP contribution in [0.25, 0.3) is 27.5 Å². The van der Waals surface area contributed by atoms with E-state index in [2.05, 4.69) is 21.3 Å².